The fourth-order valence-electron chi connectivity index (χ4n) is 0.919. The van der Waals surface area contributed by atoms with Crippen molar-refractivity contribution in [1.29, 1.82) is 0 Å². The second-order valence-corrected chi connectivity index (χ2v) is 2.79. The van der Waals surface area contributed by atoms with Crippen LogP contribution in [-0.4, -0.2) is 23.5 Å². The van der Waals surface area contributed by atoms with E-state index in [-0.39, 0.29) is 5.56 Å². The highest BCUT2D eigenvalue weighted by molar-refractivity contribution is 5.87. The second kappa shape index (κ2) is 4.41. The van der Waals surface area contributed by atoms with Crippen molar-refractivity contribution in [1.82, 2.24) is 0 Å². The molecule has 1 atom stereocenters. The number of hydrogen-bond donors (Lipinski definition) is 1. The van der Waals surface area contributed by atoms with E-state index in [0.717, 1.165) is 0 Å². The highest BCUT2D eigenvalue weighted by Gasteiger charge is 2.04. The lowest BCUT2D eigenvalue weighted by Crippen LogP contribution is -2.12. The monoisotopic (exact) mass is 194 g/mol. The lowest BCUT2D eigenvalue weighted by atomic mass is 10.2. The molecule has 1 rings (SSSR count). The predicted octanol–water partition coefficient (Wildman–Crippen LogP) is 1.35. The molecule has 0 bridgehead atoms. The zero-order valence-electron chi connectivity index (χ0n) is 7.64. The quantitative estimate of drug-likeness (QED) is 0.735. The lowest BCUT2D eigenvalue weighted by molar-refractivity contribution is -0.113. The van der Waals surface area contributed by atoms with E-state index in [1.807, 2.05) is 0 Å². The Kier molecular flexibility index (Phi) is 3.23. The van der Waals surface area contributed by atoms with Gasteiger partial charge in [-0.3, -0.25) is 4.79 Å². The number of aromatic carboxylic acids is 1. The number of carbonyl (C=O) groups excluding carboxylic acids is 1. The predicted molar refractivity (Wildman–Crippen MR) is 49.6 cm³/mol. The second-order valence-electron chi connectivity index (χ2n) is 2.79. The Labute approximate surface area is 81.1 Å². The summed E-state index contributed by atoms with van der Waals surface area (Å²) in [6.45, 7) is 1.61. The van der Waals surface area contributed by atoms with Gasteiger partial charge in [-0.05, 0) is 31.2 Å². The van der Waals surface area contributed by atoms with Crippen LogP contribution in [0.1, 0.15) is 17.3 Å². The van der Waals surface area contributed by atoms with E-state index in [2.05, 4.69) is 0 Å². The summed E-state index contributed by atoms with van der Waals surface area (Å²) in [5.74, 6) is -0.505. The van der Waals surface area contributed by atoms with Crippen molar-refractivity contribution in [2.45, 2.75) is 13.0 Å². The number of benzene rings is 1. The summed E-state index contributed by atoms with van der Waals surface area (Å²) < 4.78 is 5.14. The van der Waals surface area contributed by atoms with Crippen molar-refractivity contribution in [2.24, 2.45) is 0 Å². The van der Waals surface area contributed by atoms with Crippen LogP contribution in [-0.2, 0) is 4.79 Å². The molecular weight excluding hydrogens is 184 g/mol. The summed E-state index contributed by atoms with van der Waals surface area (Å²) in [6, 6.07) is 5.89. The van der Waals surface area contributed by atoms with Crippen LogP contribution in [0, 0.1) is 0 Å². The van der Waals surface area contributed by atoms with E-state index in [1.165, 1.54) is 24.3 Å². The molecule has 0 amide bonds. The summed E-state index contributed by atoms with van der Waals surface area (Å²) >= 11 is 0. The van der Waals surface area contributed by atoms with Gasteiger partial charge in [0.15, 0.2) is 12.4 Å². The first kappa shape index (κ1) is 10.2. The molecule has 0 spiro atoms. The third-order valence-electron chi connectivity index (χ3n) is 1.61. The molecule has 0 aliphatic carbocycles. The number of ether oxygens (including phenoxy) is 1. The first-order valence-corrected chi connectivity index (χ1v) is 4.09. The molecule has 0 saturated carbocycles. The Balaban J connectivity index is 2.73. The standard InChI is InChI=1S/C10H10O4/c1-7(6-11)14-9-4-2-8(3-5-9)10(12)13/h2-7H,1H3,(H,12,13). The smallest absolute Gasteiger partial charge is 0.335 e. The van der Waals surface area contributed by atoms with Crippen LogP contribution < -0.4 is 4.74 Å². The van der Waals surface area contributed by atoms with Crippen molar-refractivity contribution >= 4 is 12.3 Å². The maximum absolute atomic E-state index is 10.5. The van der Waals surface area contributed by atoms with E-state index in [0.29, 0.717) is 12.0 Å². The molecule has 0 saturated heterocycles. The number of carbonyl (C=O) groups is 2. The van der Waals surface area contributed by atoms with Gasteiger partial charge in [-0.15, -0.1) is 0 Å². The van der Waals surface area contributed by atoms with Gasteiger partial charge in [0.2, 0.25) is 0 Å². The average molecular weight is 194 g/mol. The summed E-state index contributed by atoms with van der Waals surface area (Å²) in [5.41, 5.74) is 0.191. The molecule has 0 aromatic heterocycles. The first-order chi connectivity index (χ1) is 6.63. The summed E-state index contributed by atoms with van der Waals surface area (Å²) in [5, 5.41) is 8.61. The van der Waals surface area contributed by atoms with Gasteiger partial charge < -0.3 is 9.84 Å². The highest BCUT2D eigenvalue weighted by Crippen LogP contribution is 2.13. The SMILES string of the molecule is CC(C=O)Oc1ccc(C(=O)O)cc1. The van der Waals surface area contributed by atoms with Crippen LogP contribution in [0.2, 0.25) is 0 Å². The summed E-state index contributed by atoms with van der Waals surface area (Å²) in [4.78, 5) is 20.8. The lowest BCUT2D eigenvalue weighted by Gasteiger charge is -2.07. The number of aldehydes is 1. The molecule has 4 heteroatoms. The number of carboxylic acid groups (broad SMARTS) is 1. The molecule has 0 aliphatic heterocycles. The van der Waals surface area contributed by atoms with Crippen molar-refractivity contribution < 1.29 is 19.4 Å². The van der Waals surface area contributed by atoms with Crippen molar-refractivity contribution in [3.8, 4) is 5.75 Å². The van der Waals surface area contributed by atoms with Crippen LogP contribution in [0.4, 0.5) is 0 Å². The molecule has 1 aromatic carbocycles. The number of hydrogen-bond acceptors (Lipinski definition) is 3. The summed E-state index contributed by atoms with van der Waals surface area (Å²) in [6.07, 6.45) is 0.149. The van der Waals surface area contributed by atoms with Gasteiger partial charge in [0.1, 0.15) is 5.75 Å². The van der Waals surface area contributed by atoms with Gasteiger partial charge in [0.05, 0.1) is 5.56 Å². The first-order valence-electron chi connectivity index (χ1n) is 4.09. The minimum absolute atomic E-state index is 0.191. The van der Waals surface area contributed by atoms with Crippen LogP contribution in [0.15, 0.2) is 24.3 Å². The molecule has 0 radical (unpaired) electrons. The molecule has 14 heavy (non-hydrogen) atoms. The molecule has 0 fully saturated rings. The number of rotatable bonds is 4. The molecular formula is C10H10O4. The third kappa shape index (κ3) is 2.58. The molecule has 0 aliphatic rings. The van der Waals surface area contributed by atoms with Gasteiger partial charge in [-0.2, -0.15) is 0 Å². The van der Waals surface area contributed by atoms with Crippen LogP contribution >= 0.6 is 0 Å². The van der Waals surface area contributed by atoms with Gasteiger partial charge in [0, 0.05) is 0 Å². The topological polar surface area (TPSA) is 63.6 Å². The van der Waals surface area contributed by atoms with Crippen LogP contribution in [0.25, 0.3) is 0 Å². The highest BCUT2D eigenvalue weighted by atomic mass is 16.5. The van der Waals surface area contributed by atoms with E-state index >= 15 is 0 Å². The zero-order valence-corrected chi connectivity index (χ0v) is 7.64. The Morgan fingerprint density at radius 3 is 2.43 bits per heavy atom. The number of carboxylic acids is 1. The Morgan fingerprint density at radius 2 is 2.00 bits per heavy atom. The fourth-order valence-corrected chi connectivity index (χ4v) is 0.919. The van der Waals surface area contributed by atoms with Gasteiger partial charge in [-0.25, -0.2) is 4.79 Å². The summed E-state index contributed by atoms with van der Waals surface area (Å²) in [7, 11) is 0. The maximum atomic E-state index is 10.5. The normalized spacial score (nSPS) is 11.8. The van der Waals surface area contributed by atoms with Gasteiger partial charge >= 0.3 is 5.97 Å². The maximum Gasteiger partial charge on any atom is 0.335 e. The Bertz CT molecular complexity index is 328. The average Bonchev–Trinajstić information content (AvgIpc) is 2.18. The van der Waals surface area contributed by atoms with E-state index in [1.54, 1.807) is 6.92 Å². The zero-order chi connectivity index (χ0) is 10.6. The molecule has 1 N–H and O–H groups in total. The van der Waals surface area contributed by atoms with Crippen molar-refractivity contribution in [2.75, 3.05) is 0 Å². The van der Waals surface area contributed by atoms with E-state index in [4.69, 9.17) is 9.84 Å². The Morgan fingerprint density at radius 1 is 1.43 bits per heavy atom. The van der Waals surface area contributed by atoms with Crippen LogP contribution in [0.5, 0.6) is 5.75 Å². The largest absolute Gasteiger partial charge is 0.483 e. The Hall–Kier alpha value is -1.84. The van der Waals surface area contributed by atoms with Gasteiger partial charge in [-0.1, -0.05) is 0 Å². The molecule has 0 heterocycles. The van der Waals surface area contributed by atoms with Crippen LogP contribution in [0.3, 0.4) is 0 Å². The molecule has 74 valence electrons. The molecule has 4 nitrogen and oxygen atoms in total. The minimum atomic E-state index is -0.986. The third-order valence-corrected chi connectivity index (χ3v) is 1.61. The molecule has 1 unspecified atom stereocenters. The van der Waals surface area contributed by atoms with E-state index < -0.39 is 12.1 Å². The fraction of sp³-hybridized carbons (Fsp3) is 0.200. The van der Waals surface area contributed by atoms with Crippen molar-refractivity contribution in [3.05, 3.63) is 29.8 Å². The molecule has 1 aromatic rings. The van der Waals surface area contributed by atoms with Crippen molar-refractivity contribution in [3.63, 3.8) is 0 Å². The van der Waals surface area contributed by atoms with E-state index in [9.17, 15) is 9.59 Å². The van der Waals surface area contributed by atoms with Gasteiger partial charge in [0.25, 0.3) is 0 Å². The minimum Gasteiger partial charge on any atom is -0.483 e.